The van der Waals surface area contributed by atoms with Crippen LogP contribution in [0.5, 0.6) is 0 Å². The van der Waals surface area contributed by atoms with Crippen LogP contribution >= 0.6 is 11.6 Å². The van der Waals surface area contributed by atoms with Gasteiger partial charge in [-0.1, -0.05) is 29.8 Å². The van der Waals surface area contributed by atoms with Crippen molar-refractivity contribution in [3.05, 3.63) is 34.9 Å². The van der Waals surface area contributed by atoms with Gasteiger partial charge in [-0.25, -0.2) is 0 Å². The van der Waals surface area contributed by atoms with E-state index >= 15 is 0 Å². The molecule has 0 aromatic heterocycles. The van der Waals surface area contributed by atoms with Gasteiger partial charge in [0.1, 0.15) is 0 Å². The molecule has 2 atom stereocenters. The van der Waals surface area contributed by atoms with Crippen LogP contribution in [0.1, 0.15) is 25.3 Å². The van der Waals surface area contributed by atoms with E-state index in [1.54, 1.807) is 0 Å². The van der Waals surface area contributed by atoms with Crippen molar-refractivity contribution in [2.75, 3.05) is 39.3 Å². The maximum Gasteiger partial charge on any atom is 0.191 e. The second kappa shape index (κ2) is 9.41. The lowest BCUT2D eigenvalue weighted by atomic mass is 10.1. The number of guanidine groups is 1. The Bertz CT molecular complexity index is 580. The smallest absolute Gasteiger partial charge is 0.191 e. The third-order valence-corrected chi connectivity index (χ3v) is 5.27. The van der Waals surface area contributed by atoms with E-state index in [4.69, 9.17) is 21.3 Å². The molecule has 2 heterocycles. The van der Waals surface area contributed by atoms with Crippen LogP contribution in [0.25, 0.3) is 0 Å². The molecule has 5 nitrogen and oxygen atoms in total. The molecule has 0 saturated carbocycles. The van der Waals surface area contributed by atoms with Crippen LogP contribution in [-0.2, 0) is 11.2 Å². The standard InChI is InChI=1S/C19H29ClN4O/c1-2-21-19(22-10-9-15-6-3-4-8-18(15)20)23-12-17-13-24-11-5-7-16(24)14-25-17/h3-4,6,8,16-17H,2,5,7,9-14H2,1H3,(H2,21,22,23). The zero-order chi connectivity index (χ0) is 17.5. The van der Waals surface area contributed by atoms with Crippen molar-refractivity contribution >= 4 is 17.6 Å². The maximum absolute atomic E-state index is 6.21. The Balaban J connectivity index is 1.46. The van der Waals surface area contributed by atoms with Gasteiger partial charge in [-0.05, 0) is 44.4 Å². The molecule has 2 unspecified atom stereocenters. The maximum atomic E-state index is 6.21. The number of halogens is 1. The minimum atomic E-state index is 0.202. The van der Waals surface area contributed by atoms with Crippen LogP contribution in [0.2, 0.25) is 5.02 Å². The zero-order valence-corrected chi connectivity index (χ0v) is 15.8. The van der Waals surface area contributed by atoms with Gasteiger partial charge in [-0.15, -0.1) is 0 Å². The summed E-state index contributed by atoms with van der Waals surface area (Å²) in [5, 5.41) is 7.52. The summed E-state index contributed by atoms with van der Waals surface area (Å²) in [4.78, 5) is 7.27. The van der Waals surface area contributed by atoms with Gasteiger partial charge in [-0.3, -0.25) is 9.89 Å². The number of nitrogens with zero attached hydrogens (tertiary/aromatic N) is 2. The molecule has 2 saturated heterocycles. The Labute approximate surface area is 155 Å². The molecule has 0 spiro atoms. The molecule has 0 bridgehead atoms. The molecule has 0 aliphatic carbocycles. The highest BCUT2D eigenvalue weighted by molar-refractivity contribution is 6.31. The molecule has 2 N–H and O–H groups in total. The number of aliphatic imine (C=N–C) groups is 1. The molecule has 3 rings (SSSR count). The van der Waals surface area contributed by atoms with Gasteiger partial charge in [-0.2, -0.15) is 0 Å². The fourth-order valence-corrected chi connectivity index (χ4v) is 3.78. The van der Waals surface area contributed by atoms with Gasteiger partial charge in [0.2, 0.25) is 0 Å². The Morgan fingerprint density at radius 3 is 3.08 bits per heavy atom. The summed E-state index contributed by atoms with van der Waals surface area (Å²) in [6.45, 7) is 7.50. The van der Waals surface area contributed by atoms with Crippen molar-refractivity contribution in [3.8, 4) is 0 Å². The summed E-state index contributed by atoms with van der Waals surface area (Å²) in [5.41, 5.74) is 1.16. The van der Waals surface area contributed by atoms with Crippen molar-refractivity contribution in [3.63, 3.8) is 0 Å². The Kier molecular flexibility index (Phi) is 6.96. The average molecular weight is 365 g/mol. The Morgan fingerprint density at radius 2 is 2.24 bits per heavy atom. The topological polar surface area (TPSA) is 48.9 Å². The average Bonchev–Trinajstić information content (AvgIpc) is 3.09. The first-order chi connectivity index (χ1) is 12.3. The molecule has 2 aliphatic rings. The zero-order valence-electron chi connectivity index (χ0n) is 15.0. The number of hydrogen-bond donors (Lipinski definition) is 2. The number of nitrogens with one attached hydrogen (secondary N) is 2. The van der Waals surface area contributed by atoms with Gasteiger partial charge < -0.3 is 15.4 Å². The van der Waals surface area contributed by atoms with E-state index in [-0.39, 0.29) is 6.10 Å². The minimum absolute atomic E-state index is 0.202. The van der Waals surface area contributed by atoms with E-state index in [1.807, 2.05) is 18.2 Å². The molecule has 25 heavy (non-hydrogen) atoms. The van der Waals surface area contributed by atoms with Crippen LogP contribution in [0.3, 0.4) is 0 Å². The molecule has 1 aromatic carbocycles. The summed E-state index contributed by atoms with van der Waals surface area (Å²) in [6, 6.07) is 8.62. The predicted octanol–water partition coefficient (Wildman–Crippen LogP) is 2.30. The predicted molar refractivity (Wildman–Crippen MR) is 103 cm³/mol. The third kappa shape index (κ3) is 5.33. The van der Waals surface area contributed by atoms with Crippen molar-refractivity contribution in [1.29, 1.82) is 0 Å². The fourth-order valence-electron chi connectivity index (χ4n) is 3.55. The lowest BCUT2D eigenvalue weighted by molar-refractivity contribution is -0.0432. The van der Waals surface area contributed by atoms with Gasteiger partial charge in [0.15, 0.2) is 5.96 Å². The van der Waals surface area contributed by atoms with Crippen LogP contribution in [-0.4, -0.2) is 62.3 Å². The summed E-state index contributed by atoms with van der Waals surface area (Å²) in [6.07, 6.45) is 3.66. The largest absolute Gasteiger partial charge is 0.373 e. The number of benzene rings is 1. The van der Waals surface area contributed by atoms with E-state index in [2.05, 4.69) is 28.5 Å². The van der Waals surface area contributed by atoms with E-state index in [0.717, 1.165) is 49.2 Å². The number of hydrogen-bond acceptors (Lipinski definition) is 3. The monoisotopic (exact) mass is 364 g/mol. The van der Waals surface area contributed by atoms with E-state index < -0.39 is 0 Å². The molecule has 2 fully saturated rings. The Morgan fingerprint density at radius 1 is 1.36 bits per heavy atom. The molecular formula is C19H29ClN4O. The van der Waals surface area contributed by atoms with Crippen LogP contribution < -0.4 is 10.6 Å². The van der Waals surface area contributed by atoms with Gasteiger partial charge in [0.05, 0.1) is 19.3 Å². The molecule has 1 aromatic rings. The lowest BCUT2D eigenvalue weighted by Gasteiger charge is -2.34. The summed E-state index contributed by atoms with van der Waals surface area (Å²) in [7, 11) is 0. The number of rotatable bonds is 6. The third-order valence-electron chi connectivity index (χ3n) is 4.90. The molecular weight excluding hydrogens is 336 g/mol. The number of fused-ring (bicyclic) bond motifs is 1. The first kappa shape index (κ1) is 18.5. The van der Waals surface area contributed by atoms with Crippen LogP contribution in [0.15, 0.2) is 29.3 Å². The van der Waals surface area contributed by atoms with Crippen molar-refractivity contribution in [2.45, 2.75) is 38.3 Å². The quantitative estimate of drug-likeness (QED) is 0.600. The first-order valence-electron chi connectivity index (χ1n) is 9.37. The van der Waals surface area contributed by atoms with Crippen molar-refractivity contribution in [2.24, 2.45) is 4.99 Å². The van der Waals surface area contributed by atoms with Gasteiger partial charge in [0, 0.05) is 30.7 Å². The second-order valence-corrected chi connectivity index (χ2v) is 7.14. The second-order valence-electron chi connectivity index (χ2n) is 6.73. The summed E-state index contributed by atoms with van der Waals surface area (Å²) < 4.78 is 5.99. The van der Waals surface area contributed by atoms with Crippen molar-refractivity contribution < 1.29 is 4.74 Å². The normalized spacial score (nSPS) is 24.2. The van der Waals surface area contributed by atoms with Gasteiger partial charge >= 0.3 is 0 Å². The van der Waals surface area contributed by atoms with E-state index in [9.17, 15) is 0 Å². The molecule has 6 heteroatoms. The van der Waals surface area contributed by atoms with E-state index in [1.165, 1.54) is 19.4 Å². The molecule has 2 aliphatic heterocycles. The summed E-state index contributed by atoms with van der Waals surface area (Å²) in [5.74, 6) is 0.849. The fraction of sp³-hybridized carbons (Fsp3) is 0.632. The highest BCUT2D eigenvalue weighted by Crippen LogP contribution is 2.22. The highest BCUT2D eigenvalue weighted by Gasteiger charge is 2.31. The highest BCUT2D eigenvalue weighted by atomic mass is 35.5. The van der Waals surface area contributed by atoms with Crippen molar-refractivity contribution in [1.82, 2.24) is 15.5 Å². The Hall–Kier alpha value is -1.30. The van der Waals surface area contributed by atoms with E-state index in [0.29, 0.717) is 12.6 Å². The minimum Gasteiger partial charge on any atom is -0.373 e. The molecule has 138 valence electrons. The summed E-state index contributed by atoms with van der Waals surface area (Å²) >= 11 is 6.21. The lowest BCUT2D eigenvalue weighted by Crippen LogP contribution is -2.47. The molecule has 0 amide bonds. The molecule has 0 radical (unpaired) electrons. The van der Waals surface area contributed by atoms with Crippen LogP contribution in [0, 0.1) is 0 Å². The number of morpholine rings is 1. The van der Waals surface area contributed by atoms with Crippen LogP contribution in [0.4, 0.5) is 0 Å². The first-order valence-corrected chi connectivity index (χ1v) is 9.75. The number of ether oxygens (including phenoxy) is 1. The van der Waals surface area contributed by atoms with Gasteiger partial charge in [0.25, 0.3) is 0 Å². The SMILES string of the molecule is CCNC(=NCC1CN2CCCC2CO1)NCCc1ccccc1Cl.